The summed E-state index contributed by atoms with van der Waals surface area (Å²) in [6.07, 6.45) is 1.54. The van der Waals surface area contributed by atoms with Crippen LogP contribution in [-0.2, 0) is 22.6 Å². The zero-order valence-electron chi connectivity index (χ0n) is 17.8. The molecule has 0 saturated heterocycles. The first-order valence-corrected chi connectivity index (χ1v) is 11.1. The summed E-state index contributed by atoms with van der Waals surface area (Å²) >= 11 is 12.2. The molecule has 2 amide bonds. The molecule has 162 valence electrons. The van der Waals surface area contributed by atoms with Gasteiger partial charge in [-0.05, 0) is 35.6 Å². The van der Waals surface area contributed by atoms with Crippen molar-refractivity contribution in [2.45, 2.75) is 52.6 Å². The van der Waals surface area contributed by atoms with Crippen molar-refractivity contribution in [2.75, 3.05) is 6.54 Å². The molecule has 0 fully saturated rings. The van der Waals surface area contributed by atoms with E-state index < -0.39 is 6.04 Å². The van der Waals surface area contributed by atoms with Crippen LogP contribution >= 0.6 is 23.2 Å². The minimum Gasteiger partial charge on any atom is -0.354 e. The number of amides is 2. The van der Waals surface area contributed by atoms with Crippen LogP contribution in [-0.4, -0.2) is 29.3 Å². The number of halogens is 2. The Bertz CT molecular complexity index is 840. The summed E-state index contributed by atoms with van der Waals surface area (Å²) in [5.74, 6) is 0.127. The average Bonchev–Trinajstić information content (AvgIpc) is 2.72. The maximum Gasteiger partial charge on any atom is 0.243 e. The van der Waals surface area contributed by atoms with Crippen LogP contribution in [0, 0.1) is 5.92 Å². The molecule has 0 saturated carbocycles. The Morgan fingerprint density at radius 2 is 1.70 bits per heavy atom. The van der Waals surface area contributed by atoms with Gasteiger partial charge in [-0.3, -0.25) is 9.59 Å². The van der Waals surface area contributed by atoms with Crippen LogP contribution in [0.3, 0.4) is 0 Å². The zero-order valence-corrected chi connectivity index (χ0v) is 19.3. The molecule has 0 aliphatic heterocycles. The van der Waals surface area contributed by atoms with Crippen LogP contribution < -0.4 is 5.32 Å². The Balaban J connectivity index is 2.37. The van der Waals surface area contributed by atoms with Gasteiger partial charge in [-0.25, -0.2) is 0 Å². The minimum atomic E-state index is -0.611. The summed E-state index contributed by atoms with van der Waals surface area (Å²) in [4.78, 5) is 27.9. The molecule has 0 aliphatic rings. The summed E-state index contributed by atoms with van der Waals surface area (Å²) in [6, 6.07) is 14.5. The number of carbonyl (C=O) groups excluding carboxylic acids is 2. The largest absolute Gasteiger partial charge is 0.354 e. The molecule has 0 aromatic heterocycles. The lowest BCUT2D eigenvalue weighted by molar-refractivity contribution is -0.141. The van der Waals surface area contributed by atoms with Gasteiger partial charge in [0.2, 0.25) is 11.8 Å². The molecule has 0 spiro atoms. The highest BCUT2D eigenvalue weighted by atomic mass is 35.5. The van der Waals surface area contributed by atoms with Gasteiger partial charge < -0.3 is 10.2 Å². The fraction of sp³-hybridized carbons (Fsp3) is 0.417. The zero-order chi connectivity index (χ0) is 22.1. The second-order valence-corrected chi connectivity index (χ2v) is 8.68. The fourth-order valence-electron chi connectivity index (χ4n) is 3.17. The smallest absolute Gasteiger partial charge is 0.243 e. The summed E-state index contributed by atoms with van der Waals surface area (Å²) in [5, 5.41) is 3.90. The van der Waals surface area contributed by atoms with Gasteiger partial charge in [-0.1, -0.05) is 80.4 Å². The number of nitrogens with one attached hydrogen (secondary N) is 1. The first kappa shape index (κ1) is 24.2. The van der Waals surface area contributed by atoms with Crippen LogP contribution in [0.1, 0.15) is 44.7 Å². The third-order valence-corrected chi connectivity index (χ3v) is 5.50. The molecule has 6 heteroatoms. The molecule has 0 radical (unpaired) electrons. The number of hydrogen-bond acceptors (Lipinski definition) is 2. The number of benzene rings is 2. The van der Waals surface area contributed by atoms with Crippen molar-refractivity contribution < 1.29 is 9.59 Å². The van der Waals surface area contributed by atoms with Crippen molar-refractivity contribution in [2.24, 2.45) is 5.92 Å². The monoisotopic (exact) mass is 448 g/mol. The highest BCUT2D eigenvalue weighted by Crippen LogP contribution is 2.24. The predicted molar refractivity (Wildman–Crippen MR) is 124 cm³/mol. The molecule has 2 aromatic carbocycles. The highest BCUT2D eigenvalue weighted by Gasteiger charge is 2.30. The molecule has 1 atom stereocenters. The maximum atomic E-state index is 13.2. The van der Waals surface area contributed by atoms with Gasteiger partial charge in [0.1, 0.15) is 6.04 Å². The normalized spacial score (nSPS) is 11.9. The van der Waals surface area contributed by atoms with E-state index in [0.717, 1.165) is 11.1 Å². The van der Waals surface area contributed by atoms with Crippen molar-refractivity contribution >= 4 is 35.0 Å². The van der Waals surface area contributed by atoms with Gasteiger partial charge in [0.05, 0.1) is 10.0 Å². The van der Waals surface area contributed by atoms with E-state index in [0.29, 0.717) is 48.3 Å². The second kappa shape index (κ2) is 12.0. The Kier molecular flexibility index (Phi) is 9.67. The van der Waals surface area contributed by atoms with E-state index in [1.54, 1.807) is 17.0 Å². The first-order valence-electron chi connectivity index (χ1n) is 10.4. The van der Waals surface area contributed by atoms with E-state index in [-0.39, 0.29) is 11.8 Å². The van der Waals surface area contributed by atoms with Gasteiger partial charge in [-0.15, -0.1) is 0 Å². The van der Waals surface area contributed by atoms with E-state index in [9.17, 15) is 9.59 Å². The van der Waals surface area contributed by atoms with Crippen molar-refractivity contribution in [3.63, 3.8) is 0 Å². The lowest BCUT2D eigenvalue weighted by atomic mass is 10.0. The Morgan fingerprint density at radius 3 is 2.30 bits per heavy atom. The number of hydrogen-bond donors (Lipinski definition) is 1. The van der Waals surface area contributed by atoms with E-state index in [2.05, 4.69) is 5.32 Å². The molecule has 1 N–H and O–H groups in total. The third-order valence-electron chi connectivity index (χ3n) is 4.76. The maximum absolute atomic E-state index is 13.2. The van der Waals surface area contributed by atoms with Crippen molar-refractivity contribution in [3.05, 3.63) is 69.7 Å². The van der Waals surface area contributed by atoms with Crippen LogP contribution in [0.25, 0.3) is 0 Å². The lowest BCUT2D eigenvalue weighted by Crippen LogP contribution is -2.51. The molecule has 0 unspecified atom stereocenters. The average molecular weight is 449 g/mol. The molecule has 2 rings (SSSR count). The van der Waals surface area contributed by atoms with Gasteiger partial charge in [-0.2, -0.15) is 0 Å². The van der Waals surface area contributed by atoms with Gasteiger partial charge in [0, 0.05) is 25.9 Å². The van der Waals surface area contributed by atoms with Crippen molar-refractivity contribution in [1.82, 2.24) is 10.2 Å². The Hall–Kier alpha value is -2.04. The molecule has 0 aliphatic carbocycles. The third kappa shape index (κ3) is 7.33. The minimum absolute atomic E-state index is 0.0517. The summed E-state index contributed by atoms with van der Waals surface area (Å²) in [6.45, 7) is 6.90. The van der Waals surface area contributed by atoms with Gasteiger partial charge in [0.25, 0.3) is 0 Å². The predicted octanol–water partition coefficient (Wildman–Crippen LogP) is 5.51. The van der Waals surface area contributed by atoms with Gasteiger partial charge >= 0.3 is 0 Å². The second-order valence-electron chi connectivity index (χ2n) is 7.86. The summed E-state index contributed by atoms with van der Waals surface area (Å²) in [7, 11) is 0. The highest BCUT2D eigenvalue weighted by molar-refractivity contribution is 6.42. The molecule has 0 heterocycles. The van der Waals surface area contributed by atoms with Crippen LogP contribution in [0.15, 0.2) is 48.5 Å². The molecule has 4 nitrogen and oxygen atoms in total. The van der Waals surface area contributed by atoms with E-state index >= 15 is 0 Å². The number of carbonyl (C=O) groups is 2. The molecular formula is C24H30Cl2N2O2. The van der Waals surface area contributed by atoms with Crippen molar-refractivity contribution in [1.29, 1.82) is 0 Å². The van der Waals surface area contributed by atoms with E-state index in [1.807, 2.05) is 57.2 Å². The quantitative estimate of drug-likeness (QED) is 0.520. The van der Waals surface area contributed by atoms with Gasteiger partial charge in [0.15, 0.2) is 0 Å². The molecule has 0 bridgehead atoms. The van der Waals surface area contributed by atoms with Crippen molar-refractivity contribution in [3.8, 4) is 0 Å². The summed E-state index contributed by atoms with van der Waals surface area (Å²) < 4.78 is 0. The number of nitrogens with zero attached hydrogens (tertiary/aromatic N) is 1. The SMILES string of the molecule is CCCC(=O)N(Cc1ccc(Cl)c(Cl)c1)[C@@H](Cc1ccccc1)C(=O)NCC(C)C. The molecule has 30 heavy (non-hydrogen) atoms. The number of rotatable bonds is 10. The van der Waals surface area contributed by atoms with Crippen LogP contribution in [0.5, 0.6) is 0 Å². The first-order chi connectivity index (χ1) is 14.3. The summed E-state index contributed by atoms with van der Waals surface area (Å²) in [5.41, 5.74) is 1.84. The topological polar surface area (TPSA) is 49.4 Å². The van der Waals surface area contributed by atoms with Crippen LogP contribution in [0.4, 0.5) is 0 Å². The molecule has 2 aromatic rings. The standard InChI is InChI=1S/C24H30Cl2N2O2/c1-4-8-23(29)28(16-19-11-12-20(25)21(26)13-19)22(24(30)27-15-17(2)3)14-18-9-6-5-7-10-18/h5-7,9-13,17,22H,4,8,14-16H2,1-3H3,(H,27,30)/t22-/m0/s1. The van der Waals surface area contributed by atoms with E-state index in [4.69, 9.17) is 23.2 Å². The lowest BCUT2D eigenvalue weighted by Gasteiger charge is -2.32. The van der Waals surface area contributed by atoms with E-state index in [1.165, 1.54) is 0 Å². The fourth-order valence-corrected chi connectivity index (χ4v) is 3.49. The molecular weight excluding hydrogens is 419 g/mol. The van der Waals surface area contributed by atoms with Crippen LogP contribution in [0.2, 0.25) is 10.0 Å². The Labute approximate surface area is 189 Å². The Morgan fingerprint density at radius 1 is 1.00 bits per heavy atom.